The van der Waals surface area contributed by atoms with Gasteiger partial charge < -0.3 is 20.7 Å². The predicted molar refractivity (Wildman–Crippen MR) is 105 cm³/mol. The number of carbonyl (C=O) groups is 1. The van der Waals surface area contributed by atoms with E-state index in [2.05, 4.69) is 35.9 Å². The quantitative estimate of drug-likeness (QED) is 0.743. The molecule has 1 aliphatic heterocycles. The first-order valence-corrected chi connectivity index (χ1v) is 9.45. The molecule has 5 nitrogen and oxygen atoms in total. The molecular formula is C20H26ClN3O2. The van der Waals surface area contributed by atoms with Crippen molar-refractivity contribution in [2.24, 2.45) is 5.92 Å². The average molecular weight is 376 g/mol. The highest BCUT2D eigenvalue weighted by atomic mass is 35.5. The predicted octanol–water partition coefficient (Wildman–Crippen LogP) is 4.08. The van der Waals surface area contributed by atoms with Gasteiger partial charge in [-0.15, -0.1) is 0 Å². The minimum Gasteiger partial charge on any atom is -0.375 e. The van der Waals surface area contributed by atoms with Crippen LogP contribution in [-0.4, -0.2) is 31.3 Å². The number of halogens is 1. The van der Waals surface area contributed by atoms with Gasteiger partial charge in [0.2, 0.25) is 0 Å². The van der Waals surface area contributed by atoms with E-state index in [0.29, 0.717) is 22.7 Å². The molecule has 1 heterocycles. The van der Waals surface area contributed by atoms with Crippen molar-refractivity contribution >= 4 is 23.3 Å². The van der Waals surface area contributed by atoms with Crippen molar-refractivity contribution in [1.82, 2.24) is 10.6 Å². The first-order chi connectivity index (χ1) is 12.5. The number of urea groups is 1. The Morgan fingerprint density at radius 1 is 1.23 bits per heavy atom. The summed E-state index contributed by atoms with van der Waals surface area (Å²) in [6.07, 6.45) is 6.09. The fourth-order valence-electron chi connectivity index (χ4n) is 3.23. The molecule has 1 fully saturated rings. The van der Waals surface area contributed by atoms with Gasteiger partial charge in [0.25, 0.3) is 0 Å². The Hall–Kier alpha value is -1.82. The Bertz CT molecular complexity index is 692. The molecule has 3 unspecified atom stereocenters. The molecule has 26 heavy (non-hydrogen) atoms. The van der Waals surface area contributed by atoms with Gasteiger partial charge in [-0.2, -0.15) is 0 Å². The Morgan fingerprint density at radius 2 is 2.00 bits per heavy atom. The van der Waals surface area contributed by atoms with Crippen molar-refractivity contribution in [2.75, 3.05) is 18.5 Å². The third-order valence-corrected chi connectivity index (χ3v) is 5.03. The summed E-state index contributed by atoms with van der Waals surface area (Å²) in [4.78, 5) is 12.2. The van der Waals surface area contributed by atoms with Crippen LogP contribution in [0.25, 0.3) is 0 Å². The van der Waals surface area contributed by atoms with E-state index >= 15 is 0 Å². The molecule has 140 valence electrons. The molecule has 0 spiro atoms. The van der Waals surface area contributed by atoms with Crippen molar-refractivity contribution in [2.45, 2.75) is 38.8 Å². The second-order valence-corrected chi connectivity index (χ2v) is 7.53. The average Bonchev–Trinajstić information content (AvgIpc) is 2.61. The van der Waals surface area contributed by atoms with Crippen LogP contribution >= 0.6 is 11.6 Å². The van der Waals surface area contributed by atoms with Crippen LogP contribution in [0.5, 0.6) is 0 Å². The normalized spacial score (nSPS) is 25.9. The number of allylic oxidation sites excluding steroid dienone is 3. The maximum atomic E-state index is 12.2. The summed E-state index contributed by atoms with van der Waals surface area (Å²) in [7, 11) is 0. The minimum absolute atomic E-state index is 0.232. The van der Waals surface area contributed by atoms with Crippen LogP contribution in [0.15, 0.2) is 47.7 Å². The molecule has 1 aliphatic carbocycles. The SMILES string of the molecule is CC1COC(CC2=CC=C(NC(=O)Nc3ccc(Cl)cc3)CC2C)CN1. The monoisotopic (exact) mass is 375 g/mol. The smallest absolute Gasteiger partial charge is 0.323 e. The largest absolute Gasteiger partial charge is 0.375 e. The molecule has 3 atom stereocenters. The lowest BCUT2D eigenvalue weighted by atomic mass is 9.87. The van der Waals surface area contributed by atoms with Gasteiger partial charge in [-0.05, 0) is 56.0 Å². The number of hydrogen-bond donors (Lipinski definition) is 3. The number of morpholine rings is 1. The van der Waals surface area contributed by atoms with E-state index in [1.54, 1.807) is 24.3 Å². The van der Waals surface area contributed by atoms with Crippen LogP contribution in [-0.2, 0) is 4.74 Å². The second kappa shape index (κ2) is 8.71. The maximum Gasteiger partial charge on any atom is 0.323 e. The van der Waals surface area contributed by atoms with Crippen LogP contribution < -0.4 is 16.0 Å². The molecule has 0 aromatic heterocycles. The lowest BCUT2D eigenvalue weighted by Crippen LogP contribution is -2.45. The summed E-state index contributed by atoms with van der Waals surface area (Å²) in [5.41, 5.74) is 3.00. The van der Waals surface area contributed by atoms with Crippen molar-refractivity contribution < 1.29 is 9.53 Å². The van der Waals surface area contributed by atoms with Gasteiger partial charge in [-0.3, -0.25) is 0 Å². The molecule has 2 aliphatic rings. The topological polar surface area (TPSA) is 62.4 Å². The summed E-state index contributed by atoms with van der Waals surface area (Å²) >= 11 is 5.85. The summed E-state index contributed by atoms with van der Waals surface area (Å²) < 4.78 is 5.89. The van der Waals surface area contributed by atoms with Crippen molar-refractivity contribution in [3.63, 3.8) is 0 Å². The molecule has 1 aromatic carbocycles. The van der Waals surface area contributed by atoms with Gasteiger partial charge in [-0.1, -0.05) is 30.2 Å². The first-order valence-electron chi connectivity index (χ1n) is 9.08. The van der Waals surface area contributed by atoms with E-state index in [1.165, 1.54) is 5.57 Å². The molecule has 2 amide bonds. The number of hydrogen-bond acceptors (Lipinski definition) is 3. The Labute approximate surface area is 159 Å². The number of benzene rings is 1. The van der Waals surface area contributed by atoms with Crippen molar-refractivity contribution in [3.05, 3.63) is 52.7 Å². The van der Waals surface area contributed by atoms with Gasteiger partial charge in [-0.25, -0.2) is 4.79 Å². The number of anilines is 1. The Balaban J connectivity index is 1.53. The van der Waals surface area contributed by atoms with E-state index in [4.69, 9.17) is 16.3 Å². The van der Waals surface area contributed by atoms with E-state index in [1.807, 2.05) is 6.08 Å². The molecule has 1 aromatic rings. The maximum absolute atomic E-state index is 12.2. The fraction of sp³-hybridized carbons (Fsp3) is 0.450. The van der Waals surface area contributed by atoms with Gasteiger partial charge >= 0.3 is 6.03 Å². The summed E-state index contributed by atoms with van der Waals surface area (Å²) in [6.45, 7) is 5.98. The third-order valence-electron chi connectivity index (χ3n) is 4.77. The molecule has 3 N–H and O–H groups in total. The molecule has 1 saturated heterocycles. The second-order valence-electron chi connectivity index (χ2n) is 7.09. The fourth-order valence-corrected chi connectivity index (χ4v) is 3.36. The highest BCUT2D eigenvalue weighted by Crippen LogP contribution is 2.28. The van der Waals surface area contributed by atoms with Gasteiger partial charge in [0, 0.05) is 29.0 Å². The van der Waals surface area contributed by atoms with Crippen molar-refractivity contribution in [3.8, 4) is 0 Å². The van der Waals surface area contributed by atoms with E-state index in [9.17, 15) is 4.79 Å². The molecule has 6 heteroatoms. The van der Waals surface area contributed by atoms with Gasteiger partial charge in [0.15, 0.2) is 0 Å². The number of amides is 2. The Morgan fingerprint density at radius 3 is 2.65 bits per heavy atom. The van der Waals surface area contributed by atoms with Crippen LogP contribution in [0, 0.1) is 5.92 Å². The van der Waals surface area contributed by atoms with Crippen LogP contribution in [0.1, 0.15) is 26.7 Å². The summed E-state index contributed by atoms with van der Waals surface area (Å²) in [6, 6.07) is 7.23. The molecular weight excluding hydrogens is 350 g/mol. The zero-order valence-electron chi connectivity index (χ0n) is 15.2. The lowest BCUT2D eigenvalue weighted by Gasteiger charge is -2.31. The highest BCUT2D eigenvalue weighted by Gasteiger charge is 2.23. The molecule has 0 bridgehead atoms. The number of nitrogens with one attached hydrogen (secondary N) is 3. The highest BCUT2D eigenvalue weighted by molar-refractivity contribution is 6.30. The van der Waals surface area contributed by atoms with E-state index in [0.717, 1.165) is 31.7 Å². The van der Waals surface area contributed by atoms with Crippen molar-refractivity contribution in [1.29, 1.82) is 0 Å². The Kier molecular flexibility index (Phi) is 6.35. The van der Waals surface area contributed by atoms with Gasteiger partial charge in [0.05, 0.1) is 12.7 Å². The van der Waals surface area contributed by atoms with E-state index in [-0.39, 0.29) is 12.1 Å². The molecule has 0 saturated carbocycles. The number of rotatable bonds is 4. The summed E-state index contributed by atoms with van der Waals surface area (Å²) in [5.74, 6) is 0.383. The zero-order chi connectivity index (χ0) is 18.5. The number of carbonyl (C=O) groups excluding carboxylic acids is 1. The first kappa shape index (κ1) is 19.0. The van der Waals surface area contributed by atoms with Gasteiger partial charge in [0.1, 0.15) is 0 Å². The number of ether oxygens (including phenoxy) is 1. The standard InChI is InChI=1S/C20H26ClN3O2/c1-13-9-18(24-20(25)23-17-7-4-16(21)5-8-17)6-3-15(13)10-19-11-22-14(2)12-26-19/h3-8,13-14,19,22H,9-12H2,1-2H3,(H2,23,24,25). The van der Waals surface area contributed by atoms with Crippen LogP contribution in [0.2, 0.25) is 5.02 Å². The van der Waals surface area contributed by atoms with Crippen LogP contribution in [0.4, 0.5) is 10.5 Å². The molecule has 0 radical (unpaired) electrons. The third kappa shape index (κ3) is 5.34. The minimum atomic E-state index is -0.239. The molecule has 3 rings (SSSR count). The van der Waals surface area contributed by atoms with Crippen LogP contribution in [0.3, 0.4) is 0 Å². The summed E-state index contributed by atoms with van der Waals surface area (Å²) in [5, 5.41) is 9.85. The lowest BCUT2D eigenvalue weighted by molar-refractivity contribution is 0.00768. The zero-order valence-corrected chi connectivity index (χ0v) is 16.0. The van der Waals surface area contributed by atoms with E-state index < -0.39 is 0 Å².